The Hall–Kier alpha value is -3.21. The molecule has 1 aromatic rings. The zero-order valence-electron chi connectivity index (χ0n) is 24.7. The first-order valence-corrected chi connectivity index (χ1v) is 14.7. The molecule has 4 amide bonds. The lowest BCUT2D eigenvalue weighted by molar-refractivity contribution is -0.136. The third-order valence-electron chi connectivity index (χ3n) is 9.25. The molecule has 5 rings (SSSR count). The molecule has 11 heteroatoms. The van der Waals surface area contributed by atoms with Crippen molar-refractivity contribution >= 4 is 29.5 Å². The number of carbonyl (C=O) groups is 4. The van der Waals surface area contributed by atoms with Gasteiger partial charge in [0.2, 0.25) is 11.8 Å². The van der Waals surface area contributed by atoms with Gasteiger partial charge in [0.15, 0.2) is 5.82 Å². The molecule has 10 nitrogen and oxygen atoms in total. The van der Waals surface area contributed by atoms with E-state index in [2.05, 4.69) is 24.5 Å². The van der Waals surface area contributed by atoms with Crippen molar-refractivity contribution in [2.75, 3.05) is 37.6 Å². The van der Waals surface area contributed by atoms with Crippen molar-refractivity contribution < 1.29 is 28.3 Å². The molecule has 2 N–H and O–H groups in total. The number of carbonyl (C=O) groups excluding carboxylic acids is 4. The highest BCUT2D eigenvalue weighted by molar-refractivity contribution is 6.05. The average molecular weight is 572 g/mol. The lowest BCUT2D eigenvalue weighted by Gasteiger charge is -2.50. The van der Waals surface area contributed by atoms with Crippen molar-refractivity contribution in [1.29, 1.82) is 0 Å². The van der Waals surface area contributed by atoms with Gasteiger partial charge >= 0.3 is 6.09 Å². The first-order valence-electron chi connectivity index (χ1n) is 14.7. The number of amides is 4. The van der Waals surface area contributed by atoms with Crippen LogP contribution in [0, 0.1) is 17.2 Å². The summed E-state index contributed by atoms with van der Waals surface area (Å²) in [6.07, 6.45) is 1.79. The number of imide groups is 1. The van der Waals surface area contributed by atoms with E-state index in [1.807, 2.05) is 30.6 Å². The first kappa shape index (κ1) is 29.3. The van der Waals surface area contributed by atoms with Crippen LogP contribution in [0.2, 0.25) is 0 Å². The van der Waals surface area contributed by atoms with Gasteiger partial charge in [-0.15, -0.1) is 0 Å². The largest absolute Gasteiger partial charge is 0.444 e. The molecule has 3 saturated heterocycles. The highest BCUT2D eigenvalue weighted by atomic mass is 19.1. The van der Waals surface area contributed by atoms with E-state index in [9.17, 15) is 19.2 Å². The Balaban J connectivity index is 1.26. The van der Waals surface area contributed by atoms with Crippen molar-refractivity contribution in [3.63, 3.8) is 0 Å². The molecule has 1 aromatic carbocycles. The molecule has 0 radical (unpaired) electrons. The number of hydrogen-bond donors (Lipinski definition) is 2. The fraction of sp³-hybridized carbons (Fsp3) is 0.667. The summed E-state index contributed by atoms with van der Waals surface area (Å²) in [7, 11) is 0. The summed E-state index contributed by atoms with van der Waals surface area (Å²) >= 11 is 0. The zero-order chi connectivity index (χ0) is 29.7. The summed E-state index contributed by atoms with van der Waals surface area (Å²) in [5.74, 6) is -1.35. The quantitative estimate of drug-likeness (QED) is 0.535. The van der Waals surface area contributed by atoms with E-state index < -0.39 is 23.4 Å². The maximum Gasteiger partial charge on any atom is 0.410 e. The van der Waals surface area contributed by atoms with Crippen molar-refractivity contribution in [3.8, 4) is 0 Å². The lowest BCUT2D eigenvalue weighted by atomic mass is 9.68. The minimum Gasteiger partial charge on any atom is -0.444 e. The van der Waals surface area contributed by atoms with Gasteiger partial charge in [0.25, 0.3) is 5.91 Å². The Morgan fingerprint density at radius 2 is 1.73 bits per heavy atom. The molecule has 224 valence electrons. The molecule has 41 heavy (non-hydrogen) atoms. The number of piperidine rings is 2. The minimum absolute atomic E-state index is 0.0127. The van der Waals surface area contributed by atoms with Gasteiger partial charge in [-0.1, -0.05) is 13.8 Å². The molecule has 4 aliphatic rings. The SMILES string of the molecule is CC(C)(C)OC(=O)N1CCNCC1C(C)(C)C1CCN(c2ccc3c(c2F)CN(C2CCC(=O)NC2=O)C3=O)CC1. The number of halogens is 1. The van der Waals surface area contributed by atoms with Crippen LogP contribution in [0.15, 0.2) is 12.1 Å². The van der Waals surface area contributed by atoms with Gasteiger partial charge in [0.1, 0.15) is 11.6 Å². The number of rotatable bonds is 4. The zero-order valence-corrected chi connectivity index (χ0v) is 24.7. The lowest BCUT2D eigenvalue weighted by Crippen LogP contribution is -2.62. The Labute approximate surface area is 240 Å². The van der Waals surface area contributed by atoms with Crippen LogP contribution in [-0.4, -0.2) is 84.0 Å². The number of piperazine rings is 1. The molecule has 3 fully saturated rings. The predicted molar refractivity (Wildman–Crippen MR) is 151 cm³/mol. The fourth-order valence-electron chi connectivity index (χ4n) is 6.88. The Morgan fingerprint density at radius 1 is 1.02 bits per heavy atom. The highest BCUT2D eigenvalue weighted by Gasteiger charge is 2.46. The molecule has 2 unspecified atom stereocenters. The summed E-state index contributed by atoms with van der Waals surface area (Å²) in [5, 5.41) is 5.73. The fourth-order valence-corrected chi connectivity index (χ4v) is 6.88. The Bertz CT molecular complexity index is 1240. The van der Waals surface area contributed by atoms with E-state index >= 15 is 4.39 Å². The molecule has 0 spiro atoms. The van der Waals surface area contributed by atoms with Gasteiger partial charge in [0.05, 0.1) is 18.3 Å². The van der Waals surface area contributed by atoms with Crippen LogP contribution in [0.4, 0.5) is 14.9 Å². The predicted octanol–water partition coefficient (Wildman–Crippen LogP) is 3.04. The van der Waals surface area contributed by atoms with Crippen molar-refractivity contribution in [3.05, 3.63) is 29.1 Å². The molecule has 0 aliphatic carbocycles. The van der Waals surface area contributed by atoms with Crippen molar-refractivity contribution in [1.82, 2.24) is 20.4 Å². The standard InChI is InChI=1S/C30H42FN5O5/c1-29(2,3)41-28(40)35-15-12-32-16-23(35)30(4,5)18-10-13-34(14-11-18)21-7-6-19-20(25(21)31)17-36(27(19)39)22-8-9-24(37)33-26(22)38/h6-7,18,22-23,32H,8-17H2,1-5H3,(H,33,37,38). The maximum atomic E-state index is 15.9. The molecule has 0 saturated carbocycles. The van der Waals surface area contributed by atoms with E-state index in [-0.39, 0.29) is 54.3 Å². The van der Waals surface area contributed by atoms with Crippen LogP contribution < -0.4 is 15.5 Å². The second kappa shape index (κ2) is 10.9. The van der Waals surface area contributed by atoms with Gasteiger partial charge in [-0.2, -0.15) is 0 Å². The number of nitrogens with zero attached hydrogens (tertiary/aromatic N) is 3. The normalized spacial score (nSPS) is 24.4. The van der Waals surface area contributed by atoms with Gasteiger partial charge < -0.3 is 24.8 Å². The summed E-state index contributed by atoms with van der Waals surface area (Å²) < 4.78 is 21.6. The van der Waals surface area contributed by atoms with E-state index in [0.29, 0.717) is 43.3 Å². The summed E-state index contributed by atoms with van der Waals surface area (Å²) in [6, 6.07) is 2.53. The van der Waals surface area contributed by atoms with Crippen LogP contribution >= 0.6 is 0 Å². The molecular formula is C30H42FN5O5. The summed E-state index contributed by atoms with van der Waals surface area (Å²) in [5.41, 5.74) is 0.292. The van der Waals surface area contributed by atoms with Gasteiger partial charge in [-0.05, 0) is 63.5 Å². The number of benzene rings is 1. The molecule has 4 heterocycles. The molecular weight excluding hydrogens is 529 g/mol. The van der Waals surface area contributed by atoms with Crippen LogP contribution in [0.25, 0.3) is 0 Å². The van der Waals surface area contributed by atoms with E-state index in [1.54, 1.807) is 12.1 Å². The number of nitrogens with one attached hydrogen (secondary N) is 2. The highest BCUT2D eigenvalue weighted by Crippen LogP contribution is 2.42. The van der Waals surface area contributed by atoms with Crippen LogP contribution in [-0.2, 0) is 20.9 Å². The smallest absolute Gasteiger partial charge is 0.410 e. The van der Waals surface area contributed by atoms with E-state index in [0.717, 1.165) is 19.4 Å². The minimum atomic E-state index is -0.775. The Morgan fingerprint density at radius 3 is 2.39 bits per heavy atom. The molecule has 2 atom stereocenters. The number of fused-ring (bicyclic) bond motifs is 1. The van der Waals surface area contributed by atoms with Gasteiger partial charge in [-0.3, -0.25) is 19.7 Å². The third-order valence-corrected chi connectivity index (χ3v) is 9.25. The summed E-state index contributed by atoms with van der Waals surface area (Å²) in [6.45, 7) is 13.4. The second-order valence-electron chi connectivity index (χ2n) is 13.3. The number of hydrogen-bond acceptors (Lipinski definition) is 7. The average Bonchev–Trinajstić information content (AvgIpc) is 3.25. The third kappa shape index (κ3) is 5.65. The topological polar surface area (TPSA) is 111 Å². The van der Waals surface area contributed by atoms with Crippen LogP contribution in [0.3, 0.4) is 0 Å². The molecule has 0 bridgehead atoms. The maximum absolute atomic E-state index is 15.9. The van der Waals surface area contributed by atoms with E-state index in [1.165, 1.54) is 4.90 Å². The van der Waals surface area contributed by atoms with Crippen molar-refractivity contribution in [2.24, 2.45) is 11.3 Å². The molecule has 4 aliphatic heterocycles. The number of anilines is 1. The van der Waals surface area contributed by atoms with Crippen LogP contribution in [0.5, 0.6) is 0 Å². The Kier molecular flexibility index (Phi) is 7.78. The first-order chi connectivity index (χ1) is 19.3. The molecule has 0 aromatic heterocycles. The van der Waals surface area contributed by atoms with Gasteiger partial charge in [-0.25, -0.2) is 9.18 Å². The monoisotopic (exact) mass is 571 g/mol. The van der Waals surface area contributed by atoms with Crippen molar-refractivity contribution in [2.45, 2.75) is 84.5 Å². The van der Waals surface area contributed by atoms with Gasteiger partial charge in [0, 0.05) is 50.3 Å². The number of ether oxygens (including phenoxy) is 1. The van der Waals surface area contributed by atoms with E-state index in [4.69, 9.17) is 4.74 Å². The second-order valence-corrected chi connectivity index (χ2v) is 13.3. The summed E-state index contributed by atoms with van der Waals surface area (Å²) in [4.78, 5) is 55.3. The van der Waals surface area contributed by atoms with Crippen LogP contribution in [0.1, 0.15) is 76.2 Å².